The number of hydrogen-bond acceptors (Lipinski definition) is 3. The van der Waals surface area contributed by atoms with Gasteiger partial charge >= 0.3 is 0 Å². The van der Waals surface area contributed by atoms with Crippen LogP contribution in [0.1, 0.15) is 17.9 Å². The maximum atomic E-state index is 6.39. The van der Waals surface area contributed by atoms with Crippen molar-refractivity contribution in [2.75, 3.05) is 11.2 Å². The zero-order chi connectivity index (χ0) is 30.9. The van der Waals surface area contributed by atoms with Crippen LogP contribution in [0.15, 0.2) is 173 Å². The van der Waals surface area contributed by atoms with Gasteiger partial charge in [-0.3, -0.25) is 0 Å². The molecule has 7 aromatic rings. The summed E-state index contributed by atoms with van der Waals surface area (Å²) in [5.74, 6) is 0.252. The molecule has 0 N–H and O–H groups in total. The number of nitrogens with zero attached hydrogens (tertiary/aromatic N) is 1. The molecule has 46 heavy (non-hydrogen) atoms. The summed E-state index contributed by atoms with van der Waals surface area (Å²) in [6.45, 7) is 0. The molecular weight excluding hydrogens is 579 g/mol. The highest BCUT2D eigenvalue weighted by Crippen LogP contribution is 2.45. The topological polar surface area (TPSA) is 16.4 Å². The largest absolute Gasteiger partial charge is 0.456 e. The third-order valence-corrected chi connectivity index (χ3v) is 9.72. The van der Waals surface area contributed by atoms with Crippen LogP contribution in [0.5, 0.6) is 0 Å². The van der Waals surface area contributed by atoms with Gasteiger partial charge in [-0.25, -0.2) is 0 Å². The Kier molecular flexibility index (Phi) is 7.53. The van der Waals surface area contributed by atoms with Crippen LogP contribution in [0.25, 0.3) is 44.2 Å². The van der Waals surface area contributed by atoms with Gasteiger partial charge in [0.15, 0.2) is 0 Å². The summed E-state index contributed by atoms with van der Waals surface area (Å²) >= 11 is 1.79. The lowest BCUT2D eigenvalue weighted by Crippen LogP contribution is -2.14. The molecule has 0 amide bonds. The van der Waals surface area contributed by atoms with E-state index in [0.29, 0.717) is 0 Å². The minimum Gasteiger partial charge on any atom is -0.456 e. The van der Waals surface area contributed by atoms with Crippen molar-refractivity contribution in [2.45, 2.75) is 17.2 Å². The van der Waals surface area contributed by atoms with Crippen molar-refractivity contribution >= 4 is 50.8 Å². The SMILES string of the molecule is CSc1ccccc1-c1ccc(N(c2ccc(-c3ccccc3)cc2)c2ccc3c(c2)oc2ccccc23)c(C2C=CC=CC2)c1. The molecule has 1 aliphatic rings. The van der Waals surface area contributed by atoms with Crippen molar-refractivity contribution in [1.82, 2.24) is 0 Å². The Bertz CT molecular complexity index is 2230. The summed E-state index contributed by atoms with van der Waals surface area (Å²) in [6.07, 6.45) is 12.1. The molecule has 0 aliphatic heterocycles. The van der Waals surface area contributed by atoms with Crippen LogP contribution in [-0.2, 0) is 0 Å². The molecule has 1 aromatic heterocycles. The fourth-order valence-corrected chi connectivity index (χ4v) is 7.25. The first-order valence-electron chi connectivity index (χ1n) is 15.7. The number of rotatable bonds is 7. The van der Waals surface area contributed by atoms with Crippen molar-refractivity contribution < 1.29 is 4.42 Å². The highest BCUT2D eigenvalue weighted by molar-refractivity contribution is 7.98. The van der Waals surface area contributed by atoms with E-state index in [0.717, 1.165) is 39.7 Å². The van der Waals surface area contributed by atoms with Crippen LogP contribution in [0, 0.1) is 0 Å². The second-order valence-electron chi connectivity index (χ2n) is 11.7. The molecule has 2 nitrogen and oxygen atoms in total. The van der Waals surface area contributed by atoms with Crippen molar-refractivity contribution in [3.05, 3.63) is 169 Å². The third kappa shape index (κ3) is 5.23. The Morgan fingerprint density at radius 2 is 1.33 bits per heavy atom. The molecule has 0 fully saturated rings. The van der Waals surface area contributed by atoms with Crippen LogP contribution in [0.4, 0.5) is 17.1 Å². The lowest BCUT2D eigenvalue weighted by molar-refractivity contribution is 0.669. The van der Waals surface area contributed by atoms with Crippen LogP contribution < -0.4 is 4.90 Å². The maximum absolute atomic E-state index is 6.39. The molecule has 1 heterocycles. The quantitative estimate of drug-likeness (QED) is 0.167. The molecule has 1 unspecified atom stereocenters. The first kappa shape index (κ1) is 28.2. The molecular formula is C43H33NOS. The van der Waals surface area contributed by atoms with E-state index in [1.54, 1.807) is 11.8 Å². The highest BCUT2D eigenvalue weighted by atomic mass is 32.2. The van der Waals surface area contributed by atoms with E-state index in [1.807, 2.05) is 12.1 Å². The van der Waals surface area contributed by atoms with Gasteiger partial charge < -0.3 is 9.32 Å². The summed E-state index contributed by atoms with van der Waals surface area (Å²) < 4.78 is 6.39. The highest BCUT2D eigenvalue weighted by Gasteiger charge is 2.23. The minimum absolute atomic E-state index is 0.252. The van der Waals surface area contributed by atoms with Crippen LogP contribution >= 0.6 is 11.8 Å². The molecule has 0 saturated heterocycles. The first-order chi connectivity index (χ1) is 22.8. The van der Waals surface area contributed by atoms with Crippen molar-refractivity contribution in [3.63, 3.8) is 0 Å². The van der Waals surface area contributed by atoms with Gasteiger partial charge in [-0.05, 0) is 89.0 Å². The molecule has 6 aromatic carbocycles. The Morgan fingerprint density at radius 3 is 2.15 bits per heavy atom. The Labute approximate surface area is 274 Å². The third-order valence-electron chi connectivity index (χ3n) is 8.92. The van der Waals surface area contributed by atoms with Crippen molar-refractivity contribution in [2.24, 2.45) is 0 Å². The van der Waals surface area contributed by atoms with Gasteiger partial charge in [-0.1, -0.05) is 109 Å². The number of fused-ring (bicyclic) bond motifs is 3. The zero-order valence-corrected chi connectivity index (χ0v) is 26.5. The second kappa shape index (κ2) is 12.3. The molecule has 0 spiro atoms. The Morgan fingerprint density at radius 1 is 0.609 bits per heavy atom. The first-order valence-corrected chi connectivity index (χ1v) is 17.0. The van der Waals surface area contributed by atoms with Gasteiger partial charge in [-0.15, -0.1) is 11.8 Å². The van der Waals surface area contributed by atoms with E-state index >= 15 is 0 Å². The van der Waals surface area contributed by atoms with E-state index < -0.39 is 0 Å². The maximum Gasteiger partial charge on any atom is 0.137 e. The van der Waals surface area contributed by atoms with Gasteiger partial charge in [0.05, 0.1) is 0 Å². The summed E-state index contributed by atoms with van der Waals surface area (Å²) in [6, 6.07) is 50.1. The average Bonchev–Trinajstić information content (AvgIpc) is 3.51. The molecule has 0 saturated carbocycles. The fraction of sp³-hybridized carbons (Fsp3) is 0.0698. The lowest BCUT2D eigenvalue weighted by atomic mass is 9.88. The molecule has 8 rings (SSSR count). The summed E-state index contributed by atoms with van der Waals surface area (Å²) in [5.41, 5.74) is 11.3. The number of hydrogen-bond donors (Lipinski definition) is 0. The monoisotopic (exact) mass is 611 g/mol. The van der Waals surface area contributed by atoms with E-state index in [-0.39, 0.29) is 5.92 Å². The molecule has 1 aliphatic carbocycles. The number of anilines is 3. The van der Waals surface area contributed by atoms with E-state index in [4.69, 9.17) is 4.42 Å². The van der Waals surface area contributed by atoms with Crippen LogP contribution in [0.3, 0.4) is 0 Å². The molecule has 3 heteroatoms. The molecule has 0 bridgehead atoms. The number of furan rings is 1. The number of thioether (sulfide) groups is 1. The molecule has 222 valence electrons. The minimum atomic E-state index is 0.252. The van der Waals surface area contributed by atoms with E-state index in [1.165, 1.54) is 38.4 Å². The van der Waals surface area contributed by atoms with E-state index in [2.05, 4.69) is 163 Å². The Balaban J connectivity index is 1.33. The predicted octanol–water partition coefficient (Wildman–Crippen LogP) is 12.7. The number of benzene rings is 6. The smallest absolute Gasteiger partial charge is 0.137 e. The molecule has 1 atom stereocenters. The fourth-order valence-electron chi connectivity index (χ4n) is 6.63. The van der Waals surface area contributed by atoms with Crippen molar-refractivity contribution in [3.8, 4) is 22.3 Å². The second-order valence-corrected chi connectivity index (χ2v) is 12.5. The van der Waals surface area contributed by atoms with Gasteiger partial charge in [0.2, 0.25) is 0 Å². The van der Waals surface area contributed by atoms with Gasteiger partial charge in [0.25, 0.3) is 0 Å². The summed E-state index contributed by atoms with van der Waals surface area (Å²) in [7, 11) is 0. The van der Waals surface area contributed by atoms with Gasteiger partial charge in [-0.2, -0.15) is 0 Å². The summed E-state index contributed by atoms with van der Waals surface area (Å²) in [4.78, 5) is 3.68. The van der Waals surface area contributed by atoms with Crippen LogP contribution in [0.2, 0.25) is 0 Å². The van der Waals surface area contributed by atoms with E-state index in [9.17, 15) is 0 Å². The number of para-hydroxylation sites is 1. The van der Waals surface area contributed by atoms with Crippen molar-refractivity contribution in [1.29, 1.82) is 0 Å². The lowest BCUT2D eigenvalue weighted by Gasteiger charge is -2.30. The normalized spacial score (nSPS) is 14.2. The molecule has 0 radical (unpaired) electrons. The van der Waals surface area contributed by atoms with Gasteiger partial charge in [0.1, 0.15) is 11.2 Å². The standard InChI is InChI=1S/C43H33NOS/c1-46-43-19-11-9-16-36(43)33-22-27-40(39(28-33)32-14-6-3-7-15-32)44(34-23-20-31(21-24-34)30-12-4-2-5-13-30)35-25-26-38-37-17-8-10-18-41(37)45-42(38)29-35/h2-14,16-29,32H,15H2,1H3. The van der Waals surface area contributed by atoms with Crippen LogP contribution in [-0.4, -0.2) is 6.26 Å². The number of allylic oxidation sites excluding steroid dienone is 4. The van der Waals surface area contributed by atoms with Gasteiger partial charge in [0, 0.05) is 44.7 Å². The predicted molar refractivity (Wildman–Crippen MR) is 197 cm³/mol. The zero-order valence-electron chi connectivity index (χ0n) is 25.6. The average molecular weight is 612 g/mol. The Hall–Kier alpha value is -5.25. The summed E-state index contributed by atoms with van der Waals surface area (Å²) in [5, 5.41) is 2.27.